The maximum atomic E-state index is 13.0. The molecule has 0 saturated carbocycles. The van der Waals surface area contributed by atoms with Crippen molar-refractivity contribution < 1.29 is 14.3 Å². The van der Waals surface area contributed by atoms with Crippen LogP contribution in [0.4, 0.5) is 0 Å². The minimum absolute atomic E-state index is 0.00638. The highest BCUT2D eigenvalue weighted by Crippen LogP contribution is 2.41. The number of rotatable bonds is 1. The number of piperidine rings is 1. The molecule has 0 unspecified atom stereocenters. The molecule has 1 N–H and O–H groups in total. The van der Waals surface area contributed by atoms with E-state index in [0.29, 0.717) is 54.3 Å². The lowest BCUT2D eigenvalue weighted by molar-refractivity contribution is -0.00572. The monoisotopic (exact) mass is 409 g/mol. The number of carbonyl (C=O) groups is 2. The second-order valence-corrected chi connectivity index (χ2v) is 8.35. The van der Waals surface area contributed by atoms with Crippen molar-refractivity contribution in [3.8, 4) is 5.75 Å². The van der Waals surface area contributed by atoms with Crippen LogP contribution in [0.2, 0.25) is 5.02 Å². The number of ether oxygens (including phenoxy) is 1. The van der Waals surface area contributed by atoms with E-state index in [1.54, 1.807) is 12.3 Å². The number of H-pyrrole nitrogens is 1. The molecular formula is C22H20ClN3O3. The van der Waals surface area contributed by atoms with E-state index in [-0.39, 0.29) is 11.7 Å². The molecule has 148 valence electrons. The standard InChI is InChI=1S/C22H20ClN3O3/c1-13-8-20-16(10-17(13)23)19(27)11-22(29-20)4-6-26(7-5-22)21(28)14-2-3-18-15(9-14)12-24-25-18/h2-3,8-10,12H,4-7,11H2,1H3,(H,24,25). The van der Waals surface area contributed by atoms with Crippen LogP contribution < -0.4 is 4.74 Å². The molecule has 0 aliphatic carbocycles. The molecule has 3 aromatic rings. The lowest BCUT2D eigenvalue weighted by atomic mass is 9.82. The molecule has 0 radical (unpaired) electrons. The van der Waals surface area contributed by atoms with Gasteiger partial charge in [-0.2, -0.15) is 5.10 Å². The number of nitrogens with zero attached hydrogens (tertiary/aromatic N) is 2. The summed E-state index contributed by atoms with van der Waals surface area (Å²) in [6.07, 6.45) is 3.28. The quantitative estimate of drug-likeness (QED) is 0.654. The molecule has 3 heterocycles. The van der Waals surface area contributed by atoms with Crippen LogP contribution in [0.5, 0.6) is 5.75 Å². The van der Waals surface area contributed by atoms with Gasteiger partial charge in [-0.25, -0.2) is 0 Å². The molecule has 29 heavy (non-hydrogen) atoms. The number of benzene rings is 2. The lowest BCUT2D eigenvalue weighted by Crippen LogP contribution is -2.52. The summed E-state index contributed by atoms with van der Waals surface area (Å²) in [5, 5.41) is 8.38. The number of nitrogens with one attached hydrogen (secondary N) is 1. The van der Waals surface area contributed by atoms with Gasteiger partial charge in [0.25, 0.3) is 5.91 Å². The first kappa shape index (κ1) is 18.2. The summed E-state index contributed by atoms with van der Waals surface area (Å²) in [6.45, 7) is 3.00. The van der Waals surface area contributed by atoms with Crippen molar-refractivity contribution in [1.29, 1.82) is 0 Å². The fourth-order valence-electron chi connectivity index (χ4n) is 4.27. The topological polar surface area (TPSA) is 75.3 Å². The van der Waals surface area contributed by atoms with Crippen LogP contribution in [-0.2, 0) is 0 Å². The van der Waals surface area contributed by atoms with E-state index in [9.17, 15) is 9.59 Å². The third-order valence-corrected chi connectivity index (χ3v) is 6.43. The number of fused-ring (bicyclic) bond motifs is 2. The van der Waals surface area contributed by atoms with E-state index in [2.05, 4.69) is 10.2 Å². The van der Waals surface area contributed by atoms with Crippen LogP contribution in [0.15, 0.2) is 36.5 Å². The molecule has 2 aromatic carbocycles. The number of aryl methyl sites for hydroxylation is 1. The molecule has 0 bridgehead atoms. The van der Waals surface area contributed by atoms with Gasteiger partial charge in [0.2, 0.25) is 0 Å². The summed E-state index contributed by atoms with van der Waals surface area (Å²) in [4.78, 5) is 27.5. The highest BCUT2D eigenvalue weighted by atomic mass is 35.5. The zero-order valence-corrected chi connectivity index (χ0v) is 16.8. The number of halogens is 1. The van der Waals surface area contributed by atoms with Crippen LogP contribution in [-0.4, -0.2) is 45.5 Å². The number of ketones is 1. The van der Waals surface area contributed by atoms with Gasteiger partial charge < -0.3 is 9.64 Å². The average molecular weight is 410 g/mol. The van der Waals surface area contributed by atoms with E-state index >= 15 is 0 Å². The number of aromatic nitrogens is 2. The van der Waals surface area contributed by atoms with Crippen molar-refractivity contribution in [1.82, 2.24) is 15.1 Å². The van der Waals surface area contributed by atoms with Crippen molar-refractivity contribution in [3.05, 3.63) is 58.2 Å². The minimum atomic E-state index is -0.546. The van der Waals surface area contributed by atoms with Crippen LogP contribution in [0.1, 0.15) is 45.5 Å². The Morgan fingerprint density at radius 2 is 2.03 bits per heavy atom. The fraction of sp³-hybridized carbons (Fsp3) is 0.318. The Bertz CT molecular complexity index is 1150. The highest BCUT2D eigenvalue weighted by molar-refractivity contribution is 6.31. The van der Waals surface area contributed by atoms with Gasteiger partial charge in [0, 0.05) is 41.9 Å². The number of hydrogen-bond acceptors (Lipinski definition) is 4. The summed E-state index contributed by atoms with van der Waals surface area (Å²) in [5.74, 6) is 0.653. The van der Waals surface area contributed by atoms with Gasteiger partial charge in [0.15, 0.2) is 5.78 Å². The number of likely N-dealkylation sites (tertiary alicyclic amines) is 1. The highest BCUT2D eigenvalue weighted by Gasteiger charge is 2.44. The lowest BCUT2D eigenvalue weighted by Gasteiger charge is -2.44. The number of amides is 1. The maximum absolute atomic E-state index is 13.0. The van der Waals surface area contributed by atoms with Gasteiger partial charge in [0.05, 0.1) is 23.7 Å². The van der Waals surface area contributed by atoms with Crippen molar-refractivity contribution >= 4 is 34.2 Å². The van der Waals surface area contributed by atoms with Crippen molar-refractivity contribution in [2.75, 3.05) is 13.1 Å². The van der Waals surface area contributed by atoms with E-state index in [0.717, 1.165) is 16.5 Å². The van der Waals surface area contributed by atoms with Crippen molar-refractivity contribution in [2.45, 2.75) is 31.8 Å². The Balaban J connectivity index is 1.33. The Hall–Kier alpha value is -2.86. The largest absolute Gasteiger partial charge is 0.486 e. The third kappa shape index (κ3) is 3.08. The van der Waals surface area contributed by atoms with Crippen LogP contribution in [0, 0.1) is 6.92 Å². The Labute approximate surface area is 172 Å². The van der Waals surface area contributed by atoms with Crippen LogP contribution in [0.3, 0.4) is 0 Å². The van der Waals surface area contributed by atoms with Crippen molar-refractivity contribution in [2.24, 2.45) is 0 Å². The van der Waals surface area contributed by atoms with Gasteiger partial charge in [-0.05, 0) is 42.8 Å². The summed E-state index contributed by atoms with van der Waals surface area (Å²) in [5.41, 5.74) is 2.44. The summed E-state index contributed by atoms with van der Waals surface area (Å²) < 4.78 is 6.32. The molecule has 5 rings (SSSR count). The molecule has 2 aliphatic heterocycles. The zero-order chi connectivity index (χ0) is 20.2. The Morgan fingerprint density at radius 1 is 1.24 bits per heavy atom. The van der Waals surface area contributed by atoms with Gasteiger partial charge >= 0.3 is 0 Å². The smallest absolute Gasteiger partial charge is 0.253 e. The normalized spacial score (nSPS) is 18.0. The molecule has 1 saturated heterocycles. The number of carbonyl (C=O) groups excluding carboxylic acids is 2. The molecular weight excluding hydrogens is 390 g/mol. The fourth-order valence-corrected chi connectivity index (χ4v) is 4.43. The van der Waals surface area contributed by atoms with Gasteiger partial charge in [-0.1, -0.05) is 11.6 Å². The minimum Gasteiger partial charge on any atom is -0.486 e. The summed E-state index contributed by atoms with van der Waals surface area (Å²) in [7, 11) is 0. The molecule has 1 aromatic heterocycles. The van der Waals surface area contributed by atoms with E-state index in [1.807, 2.05) is 36.1 Å². The second kappa shape index (κ2) is 6.59. The van der Waals surface area contributed by atoms with Gasteiger partial charge in [0.1, 0.15) is 11.4 Å². The van der Waals surface area contributed by atoms with E-state index in [4.69, 9.17) is 16.3 Å². The summed E-state index contributed by atoms with van der Waals surface area (Å²) >= 11 is 6.17. The molecule has 1 amide bonds. The summed E-state index contributed by atoms with van der Waals surface area (Å²) in [6, 6.07) is 9.08. The Morgan fingerprint density at radius 3 is 2.83 bits per heavy atom. The first-order valence-electron chi connectivity index (χ1n) is 9.69. The van der Waals surface area contributed by atoms with E-state index < -0.39 is 5.60 Å². The Kier molecular flexibility index (Phi) is 4.13. The van der Waals surface area contributed by atoms with Gasteiger partial charge in [-0.3, -0.25) is 14.7 Å². The zero-order valence-electron chi connectivity index (χ0n) is 16.0. The first-order valence-corrected chi connectivity index (χ1v) is 10.1. The molecule has 1 fully saturated rings. The van der Waals surface area contributed by atoms with Crippen LogP contribution in [0.25, 0.3) is 10.9 Å². The third-order valence-electron chi connectivity index (χ3n) is 6.02. The second-order valence-electron chi connectivity index (χ2n) is 7.95. The molecule has 2 aliphatic rings. The van der Waals surface area contributed by atoms with E-state index in [1.165, 1.54) is 0 Å². The molecule has 6 nitrogen and oxygen atoms in total. The average Bonchev–Trinajstić information content (AvgIpc) is 3.17. The number of aromatic amines is 1. The SMILES string of the molecule is Cc1cc2c(cc1Cl)C(=O)CC1(CCN(C(=O)c3ccc4[nH]ncc4c3)CC1)O2. The molecule has 7 heteroatoms. The predicted molar refractivity (Wildman–Crippen MR) is 110 cm³/mol. The molecule has 0 atom stereocenters. The van der Waals surface area contributed by atoms with Crippen molar-refractivity contribution in [3.63, 3.8) is 0 Å². The predicted octanol–water partition coefficient (Wildman–Crippen LogP) is 4.16. The molecule has 1 spiro atoms. The van der Waals surface area contributed by atoms with Gasteiger partial charge in [-0.15, -0.1) is 0 Å². The first-order chi connectivity index (χ1) is 13.9. The number of Topliss-reactive ketones (excluding diaryl/α,β-unsaturated/α-hetero) is 1. The maximum Gasteiger partial charge on any atom is 0.253 e. The van der Waals surface area contributed by atoms with Crippen LogP contribution >= 0.6 is 11.6 Å². The number of hydrogen-bond donors (Lipinski definition) is 1.